The summed E-state index contributed by atoms with van der Waals surface area (Å²) in [7, 11) is 1.48. The molecule has 0 radical (unpaired) electrons. The number of amides is 1. The first-order valence-corrected chi connectivity index (χ1v) is 18.4. The zero-order valence-electron chi connectivity index (χ0n) is 32.1. The minimum Gasteiger partial charge on any atom is -0.460 e. The average molecular weight is 707 g/mol. The molecule has 0 aromatic heterocycles. The van der Waals surface area contributed by atoms with Crippen molar-refractivity contribution in [1.29, 1.82) is 0 Å². The van der Waals surface area contributed by atoms with E-state index in [1.807, 2.05) is 33.2 Å². The molecular weight excluding hydrogens is 643 g/mol. The number of ether oxygens (including phenoxy) is 1. The second-order valence-corrected chi connectivity index (χ2v) is 17.0. The highest BCUT2D eigenvalue weighted by molar-refractivity contribution is 6.47. The number of rotatable bonds is 13. The fourth-order valence-electron chi connectivity index (χ4n) is 8.38. The monoisotopic (exact) mass is 706 g/mol. The van der Waals surface area contributed by atoms with Gasteiger partial charge in [-0.15, -0.1) is 0 Å². The van der Waals surface area contributed by atoms with Crippen LogP contribution >= 0.6 is 0 Å². The molecule has 7 atom stereocenters. The predicted molar refractivity (Wildman–Crippen MR) is 192 cm³/mol. The normalized spacial score (nSPS) is 28.7. The summed E-state index contributed by atoms with van der Waals surface area (Å²) in [4.78, 5) is 54.2. The van der Waals surface area contributed by atoms with Crippen molar-refractivity contribution < 1.29 is 33.5 Å². The van der Waals surface area contributed by atoms with Crippen LogP contribution in [0.5, 0.6) is 0 Å². The largest absolute Gasteiger partial charge is 0.481 e. The van der Waals surface area contributed by atoms with Crippen molar-refractivity contribution in [3.63, 3.8) is 0 Å². The summed E-state index contributed by atoms with van der Waals surface area (Å²) in [5, 5.41) is 13.1. The van der Waals surface area contributed by atoms with E-state index in [1.54, 1.807) is 0 Å². The molecule has 1 unspecified atom stereocenters. The topological polar surface area (TPSA) is 188 Å². The van der Waals surface area contributed by atoms with E-state index >= 15 is 0 Å². The summed E-state index contributed by atoms with van der Waals surface area (Å²) in [5.74, 6) is -0.205. The second kappa shape index (κ2) is 17.2. The zero-order chi connectivity index (χ0) is 37.6. The Hall–Kier alpha value is -2.78. The van der Waals surface area contributed by atoms with E-state index in [0.717, 1.165) is 32.2 Å². The second-order valence-electron chi connectivity index (χ2n) is 17.0. The third-order valence-electron chi connectivity index (χ3n) is 10.9. The molecule has 15 heteroatoms. The van der Waals surface area contributed by atoms with Crippen molar-refractivity contribution in [2.45, 2.75) is 137 Å². The number of nitro groups is 1. The van der Waals surface area contributed by atoms with Crippen LogP contribution in [0, 0.1) is 45.1 Å². The van der Waals surface area contributed by atoms with Gasteiger partial charge in [0.2, 0.25) is 5.91 Å². The first-order valence-electron chi connectivity index (χ1n) is 18.4. The van der Waals surface area contributed by atoms with Crippen molar-refractivity contribution in [3.05, 3.63) is 10.1 Å². The number of likely N-dealkylation sites (tertiary alicyclic amines) is 1. The number of hydrogen-bond donors (Lipinski definition) is 3. The lowest BCUT2D eigenvalue weighted by molar-refractivity contribution is -0.525. The van der Waals surface area contributed by atoms with Gasteiger partial charge in [-0.3, -0.25) is 14.4 Å². The van der Waals surface area contributed by atoms with Crippen LogP contribution in [-0.2, 0) is 28.4 Å². The summed E-state index contributed by atoms with van der Waals surface area (Å²) < 4.78 is 18.1. The number of carbonyl (C=O) groups is 3. The van der Waals surface area contributed by atoms with Gasteiger partial charge < -0.3 is 30.0 Å². The molecule has 50 heavy (non-hydrogen) atoms. The number of esters is 1. The molecule has 5 rings (SSSR count). The summed E-state index contributed by atoms with van der Waals surface area (Å²) in [6.07, 6.45) is 5.66. The number of nitrogens with two attached hydrogens (primary N) is 1. The van der Waals surface area contributed by atoms with Gasteiger partial charge in [-0.25, -0.2) is 15.1 Å². The molecule has 2 heterocycles. The maximum absolute atomic E-state index is 13.9. The van der Waals surface area contributed by atoms with Gasteiger partial charge in [0, 0.05) is 38.3 Å². The van der Waals surface area contributed by atoms with Crippen LogP contribution in [0.2, 0.25) is 0 Å². The van der Waals surface area contributed by atoms with Gasteiger partial charge in [0.1, 0.15) is 11.4 Å². The van der Waals surface area contributed by atoms with Crippen molar-refractivity contribution in [2.24, 2.45) is 45.7 Å². The quantitative estimate of drug-likeness (QED) is 0.0479. The van der Waals surface area contributed by atoms with Gasteiger partial charge in [-0.05, 0) is 109 Å². The number of aliphatic imine (C=N–C) groups is 1. The molecule has 0 spiro atoms. The maximum Gasteiger partial charge on any atom is 0.481 e. The number of nitrogens with one attached hydrogen (secondary N) is 2. The Morgan fingerprint density at radius 1 is 1.20 bits per heavy atom. The highest BCUT2D eigenvalue weighted by atomic mass is 16.7. The molecule has 2 bridgehead atoms. The third kappa shape index (κ3) is 11.4. The molecule has 14 nitrogen and oxygen atoms in total. The van der Waals surface area contributed by atoms with Crippen molar-refractivity contribution in [1.82, 2.24) is 15.6 Å². The smallest absolute Gasteiger partial charge is 0.460 e. The molecule has 3 saturated carbocycles. The molecule has 5 aliphatic rings. The standard InChI is InChI=1S/C29H51BN6O6.C6H12O2/c1-18(2)13-25(30-41-24-16-21-15-23(28(21,3)4)29(24,5)42-30)33-26(38)19(9-7-11-32-27(31)34-36(39)40)14-22(37)20-10-8-12-35(6)17-20;1-5(7)8-6(2,3)4/h18-21,23-25H,7-17H2,1-6H3,(H,33,38)(H3,31,32,34);1-4H3/t19-,20?,21+,23+,24-,25+,29+;/m1./s1. The van der Waals surface area contributed by atoms with Gasteiger partial charge in [-0.2, -0.15) is 0 Å². The van der Waals surface area contributed by atoms with Crippen LogP contribution in [0.25, 0.3) is 0 Å². The minimum absolute atomic E-state index is 0.0163. The van der Waals surface area contributed by atoms with Gasteiger partial charge in [-0.1, -0.05) is 33.1 Å². The third-order valence-corrected chi connectivity index (χ3v) is 10.9. The van der Waals surface area contributed by atoms with E-state index in [9.17, 15) is 24.5 Å². The summed E-state index contributed by atoms with van der Waals surface area (Å²) >= 11 is 0. The lowest BCUT2D eigenvalue weighted by atomic mass is 9.43. The number of ketones is 1. The summed E-state index contributed by atoms with van der Waals surface area (Å²) in [6.45, 7) is 19.9. The average Bonchev–Trinajstić information content (AvgIpc) is 3.34. The maximum atomic E-state index is 13.9. The number of hydrogen-bond acceptors (Lipinski definition) is 10. The van der Waals surface area contributed by atoms with Crippen LogP contribution in [-0.4, -0.2) is 90.6 Å². The predicted octanol–water partition coefficient (Wildman–Crippen LogP) is 3.93. The summed E-state index contributed by atoms with van der Waals surface area (Å²) in [5.41, 5.74) is 6.89. The van der Waals surface area contributed by atoms with Crippen molar-refractivity contribution in [2.75, 3.05) is 26.7 Å². The Labute approximate surface area is 299 Å². The molecule has 1 amide bonds. The first kappa shape index (κ1) is 41.6. The Morgan fingerprint density at radius 3 is 2.42 bits per heavy atom. The Balaban J connectivity index is 0.000000753. The molecule has 0 aromatic carbocycles. The van der Waals surface area contributed by atoms with E-state index in [-0.39, 0.29) is 71.2 Å². The van der Waals surface area contributed by atoms with Gasteiger partial charge in [0.15, 0.2) is 5.03 Å². The zero-order valence-corrected chi connectivity index (χ0v) is 32.1. The molecule has 3 aliphatic carbocycles. The number of piperidine rings is 1. The van der Waals surface area contributed by atoms with Crippen molar-refractivity contribution in [3.8, 4) is 0 Å². The lowest BCUT2D eigenvalue weighted by Gasteiger charge is -2.64. The van der Waals surface area contributed by atoms with E-state index in [4.69, 9.17) is 19.8 Å². The Bertz CT molecular complexity index is 1240. The van der Waals surface area contributed by atoms with Crippen LogP contribution < -0.4 is 16.5 Å². The Morgan fingerprint density at radius 2 is 1.88 bits per heavy atom. The molecule has 2 aliphatic heterocycles. The highest BCUT2D eigenvalue weighted by Gasteiger charge is 2.68. The molecule has 4 N–H and O–H groups in total. The van der Waals surface area contributed by atoms with Gasteiger partial charge in [0.05, 0.1) is 17.6 Å². The molecule has 0 aromatic rings. The van der Waals surface area contributed by atoms with Crippen LogP contribution in [0.15, 0.2) is 4.99 Å². The number of Topliss-reactive ketones (excluding diaryl/α,β-unsaturated/α-hetero) is 1. The van der Waals surface area contributed by atoms with Crippen LogP contribution in [0.1, 0.15) is 114 Å². The Kier molecular flexibility index (Phi) is 14.3. The summed E-state index contributed by atoms with van der Waals surface area (Å²) in [6, 6.07) is 0. The van der Waals surface area contributed by atoms with Crippen LogP contribution in [0.4, 0.5) is 0 Å². The van der Waals surface area contributed by atoms with E-state index in [2.05, 4.69) is 49.8 Å². The minimum atomic E-state index is -0.766. The van der Waals surface area contributed by atoms with Crippen molar-refractivity contribution >= 4 is 30.7 Å². The molecule has 284 valence electrons. The lowest BCUT2D eigenvalue weighted by Crippen LogP contribution is -2.65. The molecule has 2 saturated heterocycles. The fraction of sp³-hybridized carbons (Fsp3) is 0.886. The van der Waals surface area contributed by atoms with E-state index in [1.165, 1.54) is 6.92 Å². The number of nitrogens with zero attached hydrogens (tertiary/aromatic N) is 3. The first-order chi connectivity index (χ1) is 23.1. The fourth-order valence-corrected chi connectivity index (χ4v) is 8.38. The highest BCUT2D eigenvalue weighted by Crippen LogP contribution is 2.65. The molecular formula is C35H63BN6O8. The molecule has 5 fully saturated rings. The van der Waals surface area contributed by atoms with Gasteiger partial charge >= 0.3 is 13.1 Å². The van der Waals surface area contributed by atoms with E-state index in [0.29, 0.717) is 43.6 Å². The van der Waals surface area contributed by atoms with Crippen LogP contribution in [0.3, 0.4) is 0 Å². The van der Waals surface area contributed by atoms with E-state index < -0.39 is 18.1 Å². The number of hydrazine groups is 1. The SMILES string of the molecule is CC(=O)OC(C)(C)C.CC(C)C[C@H](NC(=O)[C@H](CCCN=C(N)N[N+](=O)[O-])CC(=O)C1CCCN(C)C1)B1O[C@@H]2C[C@@H]3C[C@@H](C3(C)C)[C@]2(C)O1. The number of guanidine groups is 1. The number of carbonyl (C=O) groups excluding carboxylic acids is 3. The van der Waals surface area contributed by atoms with Gasteiger partial charge in [0.25, 0.3) is 5.96 Å².